The number of rotatable bonds is 3. The molecule has 0 atom stereocenters. The number of cyclic esters (lactones) is 1. The first-order chi connectivity index (χ1) is 12.4. The number of carbonyl (C=O) groups is 1. The lowest BCUT2D eigenvalue weighted by Crippen LogP contribution is -2.41. The van der Waals surface area contributed by atoms with Crippen LogP contribution in [0.1, 0.15) is 31.5 Å². The van der Waals surface area contributed by atoms with Gasteiger partial charge in [-0.15, -0.1) is 4.68 Å². The number of ether oxygens (including phenoxy) is 1. The Hall–Kier alpha value is -3.08. The van der Waals surface area contributed by atoms with Gasteiger partial charge in [-0.25, -0.2) is 0 Å². The highest BCUT2D eigenvalue weighted by Crippen LogP contribution is 2.35. The van der Waals surface area contributed by atoms with Crippen LogP contribution in [0.5, 0.6) is 0 Å². The molecule has 0 radical (unpaired) electrons. The van der Waals surface area contributed by atoms with E-state index in [1.54, 1.807) is 4.68 Å². The van der Waals surface area contributed by atoms with E-state index in [9.17, 15) is 10.0 Å². The number of hydrogen-bond acceptors (Lipinski definition) is 3. The molecule has 1 aromatic heterocycles. The Balaban J connectivity index is 1.90. The van der Waals surface area contributed by atoms with Gasteiger partial charge in [-0.3, -0.25) is 4.79 Å². The van der Waals surface area contributed by atoms with Crippen LogP contribution >= 0.6 is 0 Å². The van der Waals surface area contributed by atoms with Crippen molar-refractivity contribution in [2.24, 2.45) is 5.41 Å². The first-order valence-corrected chi connectivity index (χ1v) is 8.63. The maximum absolute atomic E-state index is 13.2. The van der Waals surface area contributed by atoms with Crippen LogP contribution in [0.4, 0.5) is 0 Å². The molecule has 1 aliphatic rings. The van der Waals surface area contributed by atoms with Gasteiger partial charge in [0, 0.05) is 0 Å². The van der Waals surface area contributed by atoms with E-state index in [0.29, 0.717) is 24.4 Å². The summed E-state index contributed by atoms with van der Waals surface area (Å²) in [7, 11) is 0. The van der Waals surface area contributed by atoms with Crippen LogP contribution in [0.15, 0.2) is 60.7 Å². The van der Waals surface area contributed by atoms with Crippen molar-refractivity contribution in [2.45, 2.75) is 26.8 Å². The number of esters is 1. The molecule has 2 aromatic carbocycles. The first kappa shape index (κ1) is 16.4. The predicted octanol–water partition coefficient (Wildman–Crippen LogP) is 3.64. The van der Waals surface area contributed by atoms with Crippen molar-refractivity contribution in [3.8, 4) is 0 Å². The molecule has 0 amide bonds. The van der Waals surface area contributed by atoms with E-state index >= 15 is 0 Å². The third kappa shape index (κ3) is 2.86. The van der Waals surface area contributed by atoms with Crippen molar-refractivity contribution in [1.29, 1.82) is 0 Å². The lowest BCUT2D eigenvalue weighted by Gasteiger charge is -2.24. The highest BCUT2D eigenvalue weighted by molar-refractivity contribution is 5.91. The summed E-state index contributed by atoms with van der Waals surface area (Å²) in [4.78, 5) is 12.9. The summed E-state index contributed by atoms with van der Waals surface area (Å²) in [5.41, 5.74) is 1.87. The molecule has 0 bridgehead atoms. The SMILES string of the molecule is CC1(C)C=C(c2c3ccccc3n(Cc3ccccc3)[n+]2[O-])OC(=O)C1. The molecular weight excluding hydrogens is 328 g/mol. The molecule has 2 heterocycles. The highest BCUT2D eigenvalue weighted by Gasteiger charge is 2.34. The minimum Gasteiger partial charge on any atom is -0.595 e. The van der Waals surface area contributed by atoms with Gasteiger partial charge in [-0.2, -0.15) is 0 Å². The van der Waals surface area contributed by atoms with Gasteiger partial charge in [0.15, 0.2) is 0 Å². The Kier molecular flexibility index (Phi) is 3.80. The molecule has 132 valence electrons. The molecule has 0 aliphatic carbocycles. The Morgan fingerprint density at radius 1 is 1.12 bits per heavy atom. The molecule has 3 aromatic rings. The summed E-state index contributed by atoms with van der Waals surface area (Å²) in [6, 6.07) is 17.4. The summed E-state index contributed by atoms with van der Waals surface area (Å²) >= 11 is 0. The van der Waals surface area contributed by atoms with Crippen LogP contribution in [0.25, 0.3) is 16.7 Å². The fourth-order valence-electron chi connectivity index (χ4n) is 3.44. The summed E-state index contributed by atoms with van der Waals surface area (Å²) in [5.74, 6) is 0.0247. The highest BCUT2D eigenvalue weighted by atomic mass is 16.5. The molecule has 0 spiro atoms. The van der Waals surface area contributed by atoms with Gasteiger partial charge in [-0.05, 0) is 29.2 Å². The number of aromatic nitrogens is 2. The topological polar surface area (TPSA) is 58.2 Å². The van der Waals surface area contributed by atoms with Crippen molar-refractivity contribution in [2.75, 3.05) is 0 Å². The average Bonchev–Trinajstić information content (AvgIpc) is 2.86. The standard InChI is InChI=1S/C21H20N2O3/c1-21(2)12-18(26-19(24)13-21)20-16-10-6-7-11-17(16)22(23(20)25)14-15-8-4-3-5-9-15/h3-12H,13-14H2,1-2H3. The van der Waals surface area contributed by atoms with Gasteiger partial charge in [0.25, 0.3) is 5.69 Å². The monoisotopic (exact) mass is 348 g/mol. The number of para-hydroxylation sites is 1. The van der Waals surface area contributed by atoms with Gasteiger partial charge in [0.05, 0.1) is 11.8 Å². The zero-order valence-corrected chi connectivity index (χ0v) is 14.8. The molecule has 26 heavy (non-hydrogen) atoms. The molecule has 1 aliphatic heterocycles. The van der Waals surface area contributed by atoms with Gasteiger partial charge < -0.3 is 9.94 Å². The largest absolute Gasteiger partial charge is 0.595 e. The Morgan fingerprint density at radius 2 is 1.81 bits per heavy atom. The molecule has 0 fully saturated rings. The minimum atomic E-state index is -0.347. The van der Waals surface area contributed by atoms with Crippen molar-refractivity contribution in [3.05, 3.63) is 77.1 Å². The van der Waals surface area contributed by atoms with Crippen molar-refractivity contribution in [1.82, 2.24) is 4.68 Å². The molecule has 5 heteroatoms. The smallest absolute Gasteiger partial charge is 0.312 e. The van der Waals surface area contributed by atoms with E-state index < -0.39 is 0 Å². The van der Waals surface area contributed by atoms with Gasteiger partial charge >= 0.3 is 5.97 Å². The molecular formula is C21H20N2O3. The lowest BCUT2D eigenvalue weighted by molar-refractivity contribution is -0.693. The maximum atomic E-state index is 13.2. The first-order valence-electron chi connectivity index (χ1n) is 8.63. The number of benzene rings is 2. The number of hydrogen-bond donors (Lipinski definition) is 0. The quantitative estimate of drug-likeness (QED) is 0.412. The fourth-order valence-corrected chi connectivity index (χ4v) is 3.44. The number of allylic oxidation sites excluding steroid dienone is 1. The number of fused-ring (bicyclic) bond motifs is 1. The fraction of sp³-hybridized carbons (Fsp3) is 0.238. The van der Waals surface area contributed by atoms with Crippen molar-refractivity contribution in [3.63, 3.8) is 0 Å². The third-order valence-electron chi connectivity index (χ3n) is 4.60. The Labute approximate surface area is 151 Å². The van der Waals surface area contributed by atoms with Crippen LogP contribution < -0.4 is 4.85 Å². The predicted molar refractivity (Wildman–Crippen MR) is 98.9 cm³/mol. The van der Waals surface area contributed by atoms with Gasteiger partial charge in [0.1, 0.15) is 12.1 Å². The zero-order valence-electron chi connectivity index (χ0n) is 14.8. The van der Waals surface area contributed by atoms with E-state index in [0.717, 1.165) is 21.3 Å². The molecule has 0 saturated heterocycles. The van der Waals surface area contributed by atoms with E-state index in [1.807, 2.05) is 74.5 Å². The minimum absolute atomic E-state index is 0.304. The molecule has 0 saturated carbocycles. The second-order valence-corrected chi connectivity index (χ2v) is 7.33. The van der Waals surface area contributed by atoms with Crippen LogP contribution in [0.3, 0.4) is 0 Å². The van der Waals surface area contributed by atoms with Crippen molar-refractivity contribution < 1.29 is 14.4 Å². The second-order valence-electron chi connectivity index (χ2n) is 7.33. The van der Waals surface area contributed by atoms with Crippen LogP contribution in [-0.2, 0) is 16.1 Å². The summed E-state index contributed by atoms with van der Waals surface area (Å²) in [6.45, 7) is 4.37. The van der Waals surface area contributed by atoms with E-state index in [2.05, 4.69) is 0 Å². The van der Waals surface area contributed by atoms with Crippen LogP contribution in [-0.4, -0.2) is 10.7 Å². The summed E-state index contributed by atoms with van der Waals surface area (Å²) in [5, 5.41) is 13.9. The average molecular weight is 348 g/mol. The van der Waals surface area contributed by atoms with E-state index in [1.165, 1.54) is 0 Å². The number of carbonyl (C=O) groups excluding carboxylic acids is 1. The number of nitrogens with zero attached hydrogens (tertiary/aromatic N) is 2. The maximum Gasteiger partial charge on any atom is 0.312 e. The van der Waals surface area contributed by atoms with Crippen LogP contribution in [0.2, 0.25) is 0 Å². The summed E-state index contributed by atoms with van der Waals surface area (Å²) < 4.78 is 7.11. The molecule has 5 nitrogen and oxygen atoms in total. The zero-order chi connectivity index (χ0) is 18.3. The van der Waals surface area contributed by atoms with Crippen LogP contribution in [0, 0.1) is 10.6 Å². The Morgan fingerprint density at radius 3 is 2.54 bits per heavy atom. The third-order valence-corrected chi connectivity index (χ3v) is 4.60. The van der Waals surface area contributed by atoms with E-state index in [-0.39, 0.29) is 11.4 Å². The van der Waals surface area contributed by atoms with Crippen molar-refractivity contribution >= 4 is 22.6 Å². The molecule has 0 N–H and O–H groups in total. The molecule has 4 rings (SSSR count). The molecule has 0 unspecified atom stereocenters. The summed E-state index contributed by atoms with van der Waals surface area (Å²) in [6.07, 6.45) is 2.18. The Bertz CT molecular complexity index is 1020. The normalized spacial score (nSPS) is 16.4. The lowest BCUT2D eigenvalue weighted by atomic mass is 9.86. The van der Waals surface area contributed by atoms with E-state index in [4.69, 9.17) is 4.74 Å². The second kappa shape index (κ2) is 6.02. The van der Waals surface area contributed by atoms with Gasteiger partial charge in [0.2, 0.25) is 5.76 Å². The van der Waals surface area contributed by atoms with Gasteiger partial charge in [-0.1, -0.05) is 61.2 Å².